The van der Waals surface area contributed by atoms with Gasteiger partial charge in [-0.2, -0.15) is 4.98 Å². The van der Waals surface area contributed by atoms with Gasteiger partial charge in [0.1, 0.15) is 17.2 Å². The van der Waals surface area contributed by atoms with Crippen LogP contribution in [0.4, 0.5) is 4.39 Å². The van der Waals surface area contributed by atoms with Gasteiger partial charge in [-0.3, -0.25) is 4.57 Å². The molecule has 0 amide bonds. The van der Waals surface area contributed by atoms with Gasteiger partial charge in [-0.25, -0.2) is 14.4 Å². The third-order valence-electron chi connectivity index (χ3n) is 3.90. The van der Waals surface area contributed by atoms with Gasteiger partial charge in [-0.05, 0) is 29.8 Å². The Kier molecular flexibility index (Phi) is 4.50. The smallest absolute Gasteiger partial charge is 0.318 e. The van der Waals surface area contributed by atoms with Crippen LogP contribution in [-0.2, 0) is 6.42 Å². The first kappa shape index (κ1) is 16.5. The molecule has 0 N–H and O–H groups in total. The van der Waals surface area contributed by atoms with Gasteiger partial charge in [0.05, 0.1) is 23.8 Å². The summed E-state index contributed by atoms with van der Waals surface area (Å²) in [6.45, 7) is 0.329. The standard InChI is InChI=1S/C19H14ClFN4O/c20-15-11-22-19(26-9-8-13-4-3-5-14(21)10-13)24-18(15)25-12-23-16-6-1-2-7-17(16)25/h1-7,10-12H,8-9H2. The second kappa shape index (κ2) is 7.09. The summed E-state index contributed by atoms with van der Waals surface area (Å²) in [6, 6.07) is 14.3. The first-order valence-corrected chi connectivity index (χ1v) is 8.41. The van der Waals surface area contributed by atoms with Crippen molar-refractivity contribution >= 4 is 22.6 Å². The summed E-state index contributed by atoms with van der Waals surface area (Å²) >= 11 is 6.26. The molecule has 0 fully saturated rings. The third-order valence-corrected chi connectivity index (χ3v) is 4.16. The second-order valence-corrected chi connectivity index (χ2v) is 6.06. The van der Waals surface area contributed by atoms with E-state index in [0.29, 0.717) is 23.9 Å². The zero-order valence-electron chi connectivity index (χ0n) is 13.6. The van der Waals surface area contributed by atoms with Crippen LogP contribution in [0.3, 0.4) is 0 Å². The number of ether oxygens (including phenoxy) is 1. The van der Waals surface area contributed by atoms with Crippen molar-refractivity contribution in [1.82, 2.24) is 19.5 Å². The summed E-state index contributed by atoms with van der Waals surface area (Å²) in [5, 5.41) is 0.394. The van der Waals surface area contributed by atoms with E-state index in [1.54, 1.807) is 17.0 Å². The van der Waals surface area contributed by atoms with E-state index in [2.05, 4.69) is 15.0 Å². The molecule has 0 saturated heterocycles. The zero-order valence-corrected chi connectivity index (χ0v) is 14.4. The topological polar surface area (TPSA) is 52.8 Å². The highest BCUT2D eigenvalue weighted by molar-refractivity contribution is 6.32. The third kappa shape index (κ3) is 3.36. The molecule has 4 aromatic rings. The molecule has 130 valence electrons. The van der Waals surface area contributed by atoms with Crippen LogP contribution in [-0.4, -0.2) is 26.1 Å². The van der Waals surface area contributed by atoms with Crippen molar-refractivity contribution in [3.05, 3.63) is 77.5 Å². The Morgan fingerprint density at radius 1 is 1.08 bits per heavy atom. The Morgan fingerprint density at radius 3 is 2.85 bits per heavy atom. The molecule has 0 aliphatic carbocycles. The van der Waals surface area contributed by atoms with Gasteiger partial charge in [0, 0.05) is 6.42 Å². The molecular weight excluding hydrogens is 355 g/mol. The van der Waals surface area contributed by atoms with Crippen LogP contribution >= 0.6 is 11.6 Å². The van der Waals surface area contributed by atoms with Gasteiger partial charge in [0.2, 0.25) is 0 Å². The number of hydrogen-bond donors (Lipinski definition) is 0. The number of benzene rings is 2. The average Bonchev–Trinajstić information content (AvgIpc) is 3.07. The van der Waals surface area contributed by atoms with E-state index in [-0.39, 0.29) is 11.8 Å². The Morgan fingerprint density at radius 2 is 1.96 bits per heavy atom. The Hall–Kier alpha value is -2.99. The molecule has 0 saturated carbocycles. The summed E-state index contributed by atoms with van der Waals surface area (Å²) in [6.07, 6.45) is 3.71. The Balaban J connectivity index is 1.55. The molecule has 0 aliphatic heterocycles. The molecule has 5 nitrogen and oxygen atoms in total. The summed E-state index contributed by atoms with van der Waals surface area (Å²) in [5.41, 5.74) is 2.58. The highest BCUT2D eigenvalue weighted by Gasteiger charge is 2.12. The van der Waals surface area contributed by atoms with Crippen LogP contribution in [0.5, 0.6) is 6.01 Å². The Bertz CT molecular complexity index is 1070. The maximum atomic E-state index is 13.2. The quantitative estimate of drug-likeness (QED) is 0.529. The normalized spacial score (nSPS) is 11.0. The van der Waals surface area contributed by atoms with E-state index < -0.39 is 0 Å². The highest BCUT2D eigenvalue weighted by atomic mass is 35.5. The first-order chi connectivity index (χ1) is 12.7. The number of aromatic nitrogens is 4. The maximum absolute atomic E-state index is 13.2. The van der Waals surface area contributed by atoms with Crippen LogP contribution in [0.1, 0.15) is 5.56 Å². The molecule has 0 atom stereocenters. The summed E-state index contributed by atoms with van der Waals surface area (Å²) < 4.78 is 20.6. The molecular formula is C19H14ClFN4O. The number of rotatable bonds is 5. The lowest BCUT2D eigenvalue weighted by atomic mass is 10.2. The minimum Gasteiger partial charge on any atom is -0.463 e. The molecule has 2 heterocycles. The van der Waals surface area contributed by atoms with Crippen LogP contribution in [0.15, 0.2) is 61.1 Å². The Labute approximate surface area is 154 Å². The maximum Gasteiger partial charge on any atom is 0.318 e. The van der Waals surface area contributed by atoms with Crippen molar-refractivity contribution in [2.24, 2.45) is 0 Å². The van der Waals surface area contributed by atoms with Crippen molar-refractivity contribution in [2.45, 2.75) is 6.42 Å². The lowest BCUT2D eigenvalue weighted by molar-refractivity contribution is 0.296. The largest absolute Gasteiger partial charge is 0.463 e. The molecule has 0 spiro atoms. The summed E-state index contributed by atoms with van der Waals surface area (Å²) in [5.74, 6) is 0.232. The molecule has 7 heteroatoms. The molecule has 0 bridgehead atoms. The van der Waals surface area contributed by atoms with Crippen LogP contribution < -0.4 is 4.74 Å². The summed E-state index contributed by atoms with van der Waals surface area (Å²) in [7, 11) is 0. The minimum atomic E-state index is -0.264. The van der Waals surface area contributed by atoms with Crippen molar-refractivity contribution in [3.63, 3.8) is 0 Å². The molecule has 2 aromatic heterocycles. The highest BCUT2D eigenvalue weighted by Crippen LogP contribution is 2.23. The molecule has 0 unspecified atom stereocenters. The predicted molar refractivity (Wildman–Crippen MR) is 97.3 cm³/mol. The molecule has 0 radical (unpaired) electrons. The summed E-state index contributed by atoms with van der Waals surface area (Å²) in [4.78, 5) is 12.8. The monoisotopic (exact) mass is 368 g/mol. The van der Waals surface area contributed by atoms with Crippen molar-refractivity contribution in [1.29, 1.82) is 0 Å². The van der Waals surface area contributed by atoms with E-state index in [1.807, 2.05) is 30.3 Å². The lowest BCUT2D eigenvalue weighted by Gasteiger charge is -2.09. The van der Waals surface area contributed by atoms with Gasteiger partial charge in [0.15, 0.2) is 5.82 Å². The molecule has 26 heavy (non-hydrogen) atoms. The van der Waals surface area contributed by atoms with E-state index in [9.17, 15) is 4.39 Å². The number of halogens is 2. The zero-order chi connectivity index (χ0) is 17.9. The number of imidazole rings is 1. The molecule has 0 aliphatic rings. The number of hydrogen-bond acceptors (Lipinski definition) is 4. The lowest BCUT2D eigenvalue weighted by Crippen LogP contribution is -2.07. The van der Waals surface area contributed by atoms with Gasteiger partial charge in [-0.15, -0.1) is 0 Å². The van der Waals surface area contributed by atoms with Crippen molar-refractivity contribution in [3.8, 4) is 11.8 Å². The predicted octanol–water partition coefficient (Wildman–Crippen LogP) is 4.23. The van der Waals surface area contributed by atoms with Gasteiger partial charge >= 0.3 is 6.01 Å². The van der Waals surface area contributed by atoms with Gasteiger partial charge < -0.3 is 4.74 Å². The van der Waals surface area contributed by atoms with E-state index >= 15 is 0 Å². The first-order valence-electron chi connectivity index (χ1n) is 8.03. The fourth-order valence-electron chi connectivity index (χ4n) is 2.66. The molecule has 4 rings (SSSR count). The fourth-order valence-corrected chi connectivity index (χ4v) is 2.84. The van der Waals surface area contributed by atoms with E-state index in [4.69, 9.17) is 16.3 Å². The van der Waals surface area contributed by atoms with Gasteiger partial charge in [-0.1, -0.05) is 35.9 Å². The second-order valence-electron chi connectivity index (χ2n) is 5.66. The van der Waals surface area contributed by atoms with Crippen LogP contribution in [0, 0.1) is 5.82 Å². The van der Waals surface area contributed by atoms with Gasteiger partial charge in [0.25, 0.3) is 0 Å². The van der Waals surface area contributed by atoms with E-state index in [0.717, 1.165) is 16.6 Å². The van der Waals surface area contributed by atoms with Crippen molar-refractivity contribution < 1.29 is 9.13 Å². The number of fused-ring (bicyclic) bond motifs is 1. The van der Waals surface area contributed by atoms with Crippen LogP contribution in [0.25, 0.3) is 16.9 Å². The van der Waals surface area contributed by atoms with E-state index in [1.165, 1.54) is 18.3 Å². The number of nitrogens with zero attached hydrogens (tertiary/aromatic N) is 4. The van der Waals surface area contributed by atoms with Crippen LogP contribution in [0.2, 0.25) is 5.02 Å². The molecule has 2 aromatic carbocycles. The average molecular weight is 369 g/mol. The fraction of sp³-hybridized carbons (Fsp3) is 0.105. The SMILES string of the molecule is Fc1cccc(CCOc2ncc(Cl)c(-n3cnc4ccccc43)n2)c1. The minimum absolute atomic E-state index is 0.207. The van der Waals surface area contributed by atoms with Crippen molar-refractivity contribution in [2.75, 3.05) is 6.61 Å². The number of para-hydroxylation sites is 2.